The molecular formula is C16H22N2O. The van der Waals surface area contributed by atoms with Gasteiger partial charge in [0.25, 0.3) is 0 Å². The van der Waals surface area contributed by atoms with Crippen LogP contribution in [0.1, 0.15) is 43.7 Å². The number of carbonyl (C=O) groups excluding carboxylic acids is 1. The van der Waals surface area contributed by atoms with Gasteiger partial charge in [-0.3, -0.25) is 4.79 Å². The molecule has 0 saturated heterocycles. The highest BCUT2D eigenvalue weighted by Gasteiger charge is 2.45. The lowest BCUT2D eigenvalue weighted by atomic mass is 9.68. The zero-order valence-corrected chi connectivity index (χ0v) is 11.3. The van der Waals surface area contributed by atoms with E-state index in [9.17, 15) is 4.79 Å². The van der Waals surface area contributed by atoms with Crippen molar-refractivity contribution in [3.05, 3.63) is 35.9 Å². The third-order valence-corrected chi connectivity index (χ3v) is 4.72. The van der Waals surface area contributed by atoms with Gasteiger partial charge in [0.05, 0.1) is 11.5 Å². The third-order valence-electron chi connectivity index (χ3n) is 4.72. The van der Waals surface area contributed by atoms with Gasteiger partial charge < -0.3 is 11.1 Å². The molecule has 1 aromatic rings. The Morgan fingerprint density at radius 3 is 2.47 bits per heavy atom. The van der Waals surface area contributed by atoms with E-state index < -0.39 is 0 Å². The third kappa shape index (κ3) is 2.39. The topological polar surface area (TPSA) is 55.1 Å². The summed E-state index contributed by atoms with van der Waals surface area (Å²) in [6.45, 7) is 0.477. The van der Waals surface area contributed by atoms with E-state index in [1.807, 2.05) is 18.2 Å². The lowest BCUT2D eigenvalue weighted by Crippen LogP contribution is -2.51. The second-order valence-electron chi connectivity index (χ2n) is 6.04. The SMILES string of the molecule is NCC1(C(=O)NC(c2ccccc2)C2CC2)CCC1. The molecule has 3 N–H and O–H groups in total. The molecule has 1 aromatic carbocycles. The molecule has 3 heteroatoms. The molecule has 1 amide bonds. The minimum Gasteiger partial charge on any atom is -0.348 e. The summed E-state index contributed by atoms with van der Waals surface area (Å²) in [5.74, 6) is 0.781. The number of nitrogens with one attached hydrogen (secondary N) is 1. The second-order valence-corrected chi connectivity index (χ2v) is 6.04. The first kappa shape index (κ1) is 12.7. The number of rotatable bonds is 5. The lowest BCUT2D eigenvalue weighted by molar-refractivity contribution is -0.136. The van der Waals surface area contributed by atoms with E-state index in [0.29, 0.717) is 12.5 Å². The van der Waals surface area contributed by atoms with E-state index in [0.717, 1.165) is 19.3 Å². The first-order chi connectivity index (χ1) is 9.25. The summed E-state index contributed by atoms with van der Waals surface area (Å²) in [5, 5.41) is 3.27. The predicted octanol–water partition coefficient (Wildman–Crippen LogP) is 2.38. The molecule has 102 valence electrons. The van der Waals surface area contributed by atoms with E-state index >= 15 is 0 Å². The van der Waals surface area contributed by atoms with E-state index in [4.69, 9.17) is 5.73 Å². The molecule has 3 rings (SSSR count). The van der Waals surface area contributed by atoms with Crippen LogP contribution in [0.2, 0.25) is 0 Å². The summed E-state index contributed by atoms with van der Waals surface area (Å²) in [6.07, 6.45) is 5.46. The monoisotopic (exact) mass is 258 g/mol. The molecule has 1 atom stereocenters. The van der Waals surface area contributed by atoms with E-state index in [1.165, 1.54) is 18.4 Å². The Morgan fingerprint density at radius 1 is 1.32 bits per heavy atom. The van der Waals surface area contributed by atoms with Gasteiger partial charge in [-0.2, -0.15) is 0 Å². The maximum atomic E-state index is 12.5. The maximum absolute atomic E-state index is 12.5. The molecule has 2 aliphatic rings. The Kier molecular flexibility index (Phi) is 3.31. The van der Waals surface area contributed by atoms with Crippen LogP contribution in [0.15, 0.2) is 30.3 Å². The van der Waals surface area contributed by atoms with Gasteiger partial charge in [0.1, 0.15) is 0 Å². The largest absolute Gasteiger partial charge is 0.348 e. The molecule has 0 bridgehead atoms. The number of hydrogen-bond donors (Lipinski definition) is 2. The normalized spacial score (nSPS) is 22.4. The average molecular weight is 258 g/mol. The predicted molar refractivity (Wildman–Crippen MR) is 75.4 cm³/mol. The first-order valence-electron chi connectivity index (χ1n) is 7.31. The molecule has 1 unspecified atom stereocenters. The van der Waals surface area contributed by atoms with Gasteiger partial charge in [0.15, 0.2) is 0 Å². The molecule has 3 nitrogen and oxygen atoms in total. The number of benzene rings is 1. The molecule has 0 radical (unpaired) electrons. The number of nitrogens with two attached hydrogens (primary N) is 1. The molecule has 19 heavy (non-hydrogen) atoms. The molecule has 0 aliphatic heterocycles. The van der Waals surface area contributed by atoms with E-state index in [-0.39, 0.29) is 17.4 Å². The Hall–Kier alpha value is -1.35. The van der Waals surface area contributed by atoms with Crippen LogP contribution in [0.3, 0.4) is 0 Å². The second kappa shape index (κ2) is 4.97. The molecule has 2 saturated carbocycles. The van der Waals surface area contributed by atoms with Crippen molar-refractivity contribution >= 4 is 5.91 Å². The first-order valence-corrected chi connectivity index (χ1v) is 7.31. The summed E-state index contributed by atoms with van der Waals surface area (Å²) in [7, 11) is 0. The van der Waals surface area contributed by atoms with Crippen molar-refractivity contribution in [1.29, 1.82) is 0 Å². The minimum absolute atomic E-state index is 0.169. The summed E-state index contributed by atoms with van der Waals surface area (Å²) in [6, 6.07) is 10.5. The van der Waals surface area contributed by atoms with Crippen molar-refractivity contribution in [2.75, 3.05) is 6.54 Å². The minimum atomic E-state index is -0.276. The van der Waals surface area contributed by atoms with Crippen molar-refractivity contribution in [1.82, 2.24) is 5.32 Å². The van der Waals surface area contributed by atoms with Crippen molar-refractivity contribution in [3.8, 4) is 0 Å². The van der Waals surface area contributed by atoms with Crippen molar-refractivity contribution in [3.63, 3.8) is 0 Å². The van der Waals surface area contributed by atoms with Gasteiger partial charge in [0.2, 0.25) is 5.91 Å². The van der Waals surface area contributed by atoms with Crippen LogP contribution in [-0.2, 0) is 4.79 Å². The van der Waals surface area contributed by atoms with E-state index in [2.05, 4.69) is 17.4 Å². The Morgan fingerprint density at radius 2 is 2.00 bits per heavy atom. The van der Waals surface area contributed by atoms with Gasteiger partial charge in [-0.05, 0) is 37.2 Å². The molecule has 0 spiro atoms. The van der Waals surface area contributed by atoms with E-state index in [1.54, 1.807) is 0 Å². The van der Waals surface area contributed by atoms with Crippen LogP contribution in [0.25, 0.3) is 0 Å². The number of hydrogen-bond acceptors (Lipinski definition) is 2. The molecule has 0 heterocycles. The summed E-state index contributed by atoms with van der Waals surface area (Å²) >= 11 is 0. The van der Waals surface area contributed by atoms with Gasteiger partial charge in [-0.25, -0.2) is 0 Å². The van der Waals surface area contributed by atoms with Gasteiger partial charge in [0, 0.05) is 6.54 Å². The van der Waals surface area contributed by atoms with Crippen LogP contribution in [-0.4, -0.2) is 12.5 Å². The highest BCUT2D eigenvalue weighted by molar-refractivity contribution is 5.84. The lowest BCUT2D eigenvalue weighted by Gasteiger charge is -2.40. The van der Waals surface area contributed by atoms with Crippen molar-refractivity contribution in [2.24, 2.45) is 17.1 Å². The Labute approximate surface area is 114 Å². The van der Waals surface area contributed by atoms with Crippen molar-refractivity contribution in [2.45, 2.75) is 38.1 Å². The summed E-state index contributed by atoms with van der Waals surface area (Å²) < 4.78 is 0. The number of carbonyl (C=O) groups is 1. The fourth-order valence-electron chi connectivity index (χ4n) is 2.99. The van der Waals surface area contributed by atoms with Crippen LogP contribution in [0.5, 0.6) is 0 Å². The highest BCUT2D eigenvalue weighted by Crippen LogP contribution is 2.44. The van der Waals surface area contributed by atoms with Gasteiger partial charge >= 0.3 is 0 Å². The molecule has 2 aliphatic carbocycles. The Bertz CT molecular complexity index is 444. The average Bonchev–Trinajstić information content (AvgIpc) is 3.20. The maximum Gasteiger partial charge on any atom is 0.227 e. The zero-order valence-electron chi connectivity index (χ0n) is 11.3. The summed E-state index contributed by atoms with van der Waals surface area (Å²) in [5.41, 5.74) is 6.77. The smallest absolute Gasteiger partial charge is 0.227 e. The van der Waals surface area contributed by atoms with Crippen LogP contribution in [0, 0.1) is 11.3 Å². The Balaban J connectivity index is 1.74. The standard InChI is InChI=1S/C16H22N2O/c17-11-16(9-4-10-16)15(19)18-14(13-7-8-13)12-5-2-1-3-6-12/h1-3,5-6,13-14H,4,7-11,17H2,(H,18,19). The molecule has 2 fully saturated rings. The van der Waals surface area contributed by atoms with Crippen LogP contribution in [0.4, 0.5) is 0 Å². The summed E-state index contributed by atoms with van der Waals surface area (Å²) in [4.78, 5) is 12.5. The fourth-order valence-corrected chi connectivity index (χ4v) is 2.99. The van der Waals surface area contributed by atoms with Gasteiger partial charge in [-0.1, -0.05) is 36.8 Å². The molecular weight excluding hydrogens is 236 g/mol. The van der Waals surface area contributed by atoms with Crippen molar-refractivity contribution < 1.29 is 4.79 Å². The van der Waals surface area contributed by atoms with Crippen LogP contribution >= 0.6 is 0 Å². The van der Waals surface area contributed by atoms with Crippen LogP contribution < -0.4 is 11.1 Å². The highest BCUT2D eigenvalue weighted by atomic mass is 16.2. The zero-order chi connectivity index (χ0) is 13.3. The van der Waals surface area contributed by atoms with Gasteiger partial charge in [-0.15, -0.1) is 0 Å². The quantitative estimate of drug-likeness (QED) is 0.852. The fraction of sp³-hybridized carbons (Fsp3) is 0.562. The number of amides is 1. The molecule has 0 aromatic heterocycles.